The number of ether oxygens (including phenoxy) is 1. The summed E-state index contributed by atoms with van der Waals surface area (Å²) in [5, 5.41) is 9.61. The van der Waals surface area contributed by atoms with E-state index in [2.05, 4.69) is 11.6 Å². The van der Waals surface area contributed by atoms with E-state index >= 15 is 0 Å². The predicted molar refractivity (Wildman–Crippen MR) is 86.4 cm³/mol. The van der Waals surface area contributed by atoms with Crippen molar-refractivity contribution in [3.8, 4) is 5.75 Å². The molecule has 0 radical (unpaired) electrons. The molecule has 0 aliphatic heterocycles. The molecule has 1 aromatic carbocycles. The Balaban J connectivity index is 1.59. The van der Waals surface area contributed by atoms with Crippen molar-refractivity contribution in [1.29, 1.82) is 0 Å². The molecule has 0 spiro atoms. The summed E-state index contributed by atoms with van der Waals surface area (Å²) in [5.74, 6) is 5.10. The summed E-state index contributed by atoms with van der Waals surface area (Å²) in [7, 11) is 1.67. The van der Waals surface area contributed by atoms with Gasteiger partial charge >= 0.3 is 0 Å². The van der Waals surface area contributed by atoms with Gasteiger partial charge in [0.2, 0.25) is 0 Å². The average molecular weight is 299 g/mol. The van der Waals surface area contributed by atoms with E-state index in [1.54, 1.807) is 7.11 Å². The zero-order valence-corrected chi connectivity index (χ0v) is 13.2. The van der Waals surface area contributed by atoms with E-state index in [1.807, 2.05) is 24.3 Å². The van der Waals surface area contributed by atoms with Crippen molar-refractivity contribution in [2.45, 2.75) is 32.1 Å². The van der Waals surface area contributed by atoms with Crippen molar-refractivity contribution >= 4 is 5.70 Å². The van der Waals surface area contributed by atoms with Crippen LogP contribution in [-0.4, -0.2) is 12.3 Å². The van der Waals surface area contributed by atoms with Gasteiger partial charge in [0.1, 0.15) is 5.75 Å². The SMILES string of the molecule is COc1ccc(C(=CC2C3CC4CC(C3)CC2C4)NO)cc1. The molecule has 0 atom stereocenters. The molecule has 0 aromatic heterocycles. The van der Waals surface area contributed by atoms with E-state index in [4.69, 9.17) is 4.74 Å². The fourth-order valence-corrected chi connectivity index (χ4v) is 5.40. The largest absolute Gasteiger partial charge is 0.497 e. The lowest BCUT2D eigenvalue weighted by atomic mass is 9.52. The summed E-state index contributed by atoms with van der Waals surface area (Å²) < 4.78 is 5.21. The second kappa shape index (κ2) is 5.62. The van der Waals surface area contributed by atoms with Crippen LogP contribution in [0.1, 0.15) is 37.7 Å². The Hall–Kier alpha value is -1.48. The minimum absolute atomic E-state index is 0.629. The quantitative estimate of drug-likeness (QED) is 0.823. The first kappa shape index (κ1) is 14.1. The molecule has 2 N–H and O–H groups in total. The number of hydroxylamine groups is 1. The molecule has 0 heterocycles. The van der Waals surface area contributed by atoms with Crippen LogP contribution in [-0.2, 0) is 0 Å². The van der Waals surface area contributed by atoms with Crippen molar-refractivity contribution in [2.75, 3.05) is 7.11 Å². The third-order valence-corrected chi connectivity index (χ3v) is 6.18. The van der Waals surface area contributed by atoms with Gasteiger partial charge in [0.05, 0.1) is 12.8 Å². The second-order valence-electron chi connectivity index (χ2n) is 7.43. The van der Waals surface area contributed by atoms with Crippen LogP contribution in [0.3, 0.4) is 0 Å². The molecular weight excluding hydrogens is 274 g/mol. The second-order valence-corrected chi connectivity index (χ2v) is 7.43. The first-order chi connectivity index (χ1) is 10.8. The van der Waals surface area contributed by atoms with Gasteiger partial charge in [0.25, 0.3) is 0 Å². The standard InChI is InChI=1S/C19H25NO2/c1-22-17-4-2-14(3-5-17)19(20-21)11-18-15-7-12-6-13(9-15)10-16(18)8-12/h2-5,11-13,15-16,18,20-21H,6-10H2,1H3. The molecule has 22 heavy (non-hydrogen) atoms. The topological polar surface area (TPSA) is 41.5 Å². The highest BCUT2D eigenvalue weighted by Crippen LogP contribution is 2.57. The van der Waals surface area contributed by atoms with Gasteiger partial charge in [-0.1, -0.05) is 6.08 Å². The molecule has 4 bridgehead atoms. The number of allylic oxidation sites excluding steroid dienone is 1. The molecular formula is C19H25NO2. The van der Waals surface area contributed by atoms with Gasteiger partial charge in [0.15, 0.2) is 0 Å². The number of methoxy groups -OCH3 is 1. The molecule has 4 fully saturated rings. The summed E-state index contributed by atoms with van der Waals surface area (Å²) >= 11 is 0. The monoisotopic (exact) mass is 299 g/mol. The van der Waals surface area contributed by atoms with Crippen molar-refractivity contribution in [3.05, 3.63) is 35.9 Å². The van der Waals surface area contributed by atoms with Gasteiger partial charge in [-0.05, 0) is 91.5 Å². The highest BCUT2D eigenvalue weighted by molar-refractivity contribution is 5.64. The summed E-state index contributed by atoms with van der Waals surface area (Å²) in [4.78, 5) is 0. The van der Waals surface area contributed by atoms with Gasteiger partial charge in [-0.15, -0.1) is 0 Å². The highest BCUT2D eigenvalue weighted by atomic mass is 16.5. The van der Waals surface area contributed by atoms with Crippen molar-refractivity contribution in [1.82, 2.24) is 5.48 Å². The molecule has 0 amide bonds. The molecule has 0 saturated heterocycles. The van der Waals surface area contributed by atoms with Crippen LogP contribution in [0.15, 0.2) is 30.3 Å². The first-order valence-corrected chi connectivity index (χ1v) is 8.53. The Morgan fingerprint density at radius 1 is 1.05 bits per heavy atom. The summed E-state index contributed by atoms with van der Waals surface area (Å²) in [6.07, 6.45) is 9.37. The fourth-order valence-electron chi connectivity index (χ4n) is 5.40. The molecule has 3 heteroatoms. The van der Waals surface area contributed by atoms with Gasteiger partial charge in [-0.3, -0.25) is 10.7 Å². The van der Waals surface area contributed by atoms with E-state index in [-0.39, 0.29) is 0 Å². The van der Waals surface area contributed by atoms with E-state index in [9.17, 15) is 5.21 Å². The average Bonchev–Trinajstić information content (AvgIpc) is 2.54. The Labute approximate surface area is 132 Å². The van der Waals surface area contributed by atoms with Crippen LogP contribution in [0.25, 0.3) is 5.70 Å². The minimum Gasteiger partial charge on any atom is -0.497 e. The van der Waals surface area contributed by atoms with Crippen molar-refractivity contribution in [2.24, 2.45) is 29.6 Å². The number of nitrogens with one attached hydrogen (secondary N) is 1. The Bertz CT molecular complexity index is 535. The van der Waals surface area contributed by atoms with Gasteiger partial charge in [-0.25, -0.2) is 0 Å². The van der Waals surface area contributed by atoms with Gasteiger partial charge in [-0.2, -0.15) is 0 Å². The van der Waals surface area contributed by atoms with Crippen molar-refractivity contribution < 1.29 is 9.94 Å². The van der Waals surface area contributed by atoms with Crippen LogP contribution < -0.4 is 10.2 Å². The maximum Gasteiger partial charge on any atom is 0.118 e. The number of benzene rings is 1. The lowest BCUT2D eigenvalue weighted by Gasteiger charge is -2.53. The Morgan fingerprint density at radius 3 is 2.14 bits per heavy atom. The number of hydrogen-bond acceptors (Lipinski definition) is 3. The van der Waals surface area contributed by atoms with Crippen LogP contribution in [0, 0.1) is 29.6 Å². The molecule has 4 saturated carbocycles. The minimum atomic E-state index is 0.629. The van der Waals surface area contributed by atoms with Crippen molar-refractivity contribution in [3.63, 3.8) is 0 Å². The van der Waals surface area contributed by atoms with E-state index in [0.29, 0.717) is 5.92 Å². The van der Waals surface area contributed by atoms with Crippen LogP contribution in [0.2, 0.25) is 0 Å². The summed E-state index contributed by atoms with van der Waals surface area (Å²) in [6, 6.07) is 7.89. The van der Waals surface area contributed by atoms with Crippen LogP contribution in [0.4, 0.5) is 0 Å². The molecule has 0 unspecified atom stereocenters. The highest BCUT2D eigenvalue weighted by Gasteiger charge is 2.47. The Kier molecular flexibility index (Phi) is 3.61. The smallest absolute Gasteiger partial charge is 0.118 e. The fraction of sp³-hybridized carbons (Fsp3) is 0.579. The van der Waals surface area contributed by atoms with Gasteiger partial charge < -0.3 is 4.74 Å². The zero-order chi connectivity index (χ0) is 15.1. The van der Waals surface area contributed by atoms with Crippen LogP contribution >= 0.6 is 0 Å². The lowest BCUT2D eigenvalue weighted by molar-refractivity contribution is -0.0162. The molecule has 3 nitrogen and oxygen atoms in total. The molecule has 4 aliphatic carbocycles. The molecule has 1 aromatic rings. The van der Waals surface area contributed by atoms with Crippen LogP contribution in [0.5, 0.6) is 5.75 Å². The van der Waals surface area contributed by atoms with E-state index in [1.165, 1.54) is 32.1 Å². The third-order valence-electron chi connectivity index (χ3n) is 6.18. The Morgan fingerprint density at radius 2 is 1.64 bits per heavy atom. The lowest BCUT2D eigenvalue weighted by Crippen LogP contribution is -2.44. The maximum atomic E-state index is 9.61. The normalized spacial score (nSPS) is 36.5. The number of rotatable bonds is 4. The van der Waals surface area contributed by atoms with E-state index in [0.717, 1.165) is 40.7 Å². The summed E-state index contributed by atoms with van der Waals surface area (Å²) in [6.45, 7) is 0. The predicted octanol–water partition coefficient (Wildman–Crippen LogP) is 4.09. The molecule has 5 rings (SSSR count). The third kappa shape index (κ3) is 2.41. The van der Waals surface area contributed by atoms with E-state index < -0.39 is 0 Å². The molecule has 4 aliphatic rings. The summed E-state index contributed by atoms with van der Waals surface area (Å²) in [5.41, 5.74) is 4.31. The molecule has 118 valence electrons. The first-order valence-electron chi connectivity index (χ1n) is 8.53. The zero-order valence-electron chi connectivity index (χ0n) is 13.2. The van der Waals surface area contributed by atoms with Gasteiger partial charge in [0, 0.05) is 0 Å². The maximum absolute atomic E-state index is 9.61. The number of hydrogen-bond donors (Lipinski definition) is 2.